The lowest BCUT2D eigenvalue weighted by atomic mass is 9.80. The molecule has 0 radical (unpaired) electrons. The Bertz CT molecular complexity index is 1570. The third-order valence-electron chi connectivity index (χ3n) is 8.75. The Morgan fingerprint density at radius 3 is 2.71 bits per heavy atom. The number of alkyl halides is 1. The minimum atomic E-state index is -0.955. The molecule has 2 atom stereocenters. The molecule has 7 nitrogen and oxygen atoms in total. The predicted octanol–water partition coefficient (Wildman–Crippen LogP) is 6.35. The van der Waals surface area contributed by atoms with E-state index < -0.39 is 12.1 Å². The van der Waals surface area contributed by atoms with Crippen LogP contribution in [0.3, 0.4) is 0 Å². The molecule has 2 aliphatic rings. The van der Waals surface area contributed by atoms with Crippen molar-refractivity contribution < 1.29 is 19.0 Å². The summed E-state index contributed by atoms with van der Waals surface area (Å²) >= 11 is 0. The van der Waals surface area contributed by atoms with Crippen LogP contribution in [0.2, 0.25) is 0 Å². The molecule has 0 amide bonds. The fourth-order valence-electron chi connectivity index (χ4n) is 6.57. The number of hydrogen-bond acceptors (Lipinski definition) is 5. The van der Waals surface area contributed by atoms with E-state index in [0.29, 0.717) is 19.6 Å². The van der Waals surface area contributed by atoms with Crippen LogP contribution < -0.4 is 4.74 Å². The number of rotatable bonds is 8. The molecule has 8 heteroatoms. The highest BCUT2D eigenvalue weighted by Crippen LogP contribution is 2.47. The fourth-order valence-corrected chi connectivity index (χ4v) is 6.57. The van der Waals surface area contributed by atoms with Gasteiger partial charge in [0.2, 0.25) is 0 Å². The summed E-state index contributed by atoms with van der Waals surface area (Å²) in [4.78, 5) is 21.0. The van der Waals surface area contributed by atoms with Crippen LogP contribution >= 0.6 is 0 Å². The molecular formula is C34H39FN4O3. The molecule has 1 aliphatic carbocycles. The molecule has 1 fully saturated rings. The zero-order valence-corrected chi connectivity index (χ0v) is 24.4. The number of ether oxygens (including phenoxy) is 1. The lowest BCUT2D eigenvalue weighted by Crippen LogP contribution is -2.35. The molecule has 3 heterocycles. The molecule has 0 spiro atoms. The van der Waals surface area contributed by atoms with Crippen LogP contribution in [0.5, 0.6) is 5.75 Å². The van der Waals surface area contributed by atoms with Gasteiger partial charge in [-0.15, -0.1) is 0 Å². The van der Waals surface area contributed by atoms with Gasteiger partial charge < -0.3 is 19.3 Å². The van der Waals surface area contributed by atoms with Crippen LogP contribution in [-0.2, 0) is 19.7 Å². The summed E-state index contributed by atoms with van der Waals surface area (Å²) in [6, 6.07) is 17.4. The number of hydrogen-bond donors (Lipinski definition) is 1. The number of halogens is 1. The van der Waals surface area contributed by atoms with Gasteiger partial charge in [-0.25, -0.2) is 9.18 Å². The van der Waals surface area contributed by atoms with Crippen LogP contribution in [0.1, 0.15) is 58.8 Å². The number of aromatic nitrogens is 2. The molecule has 220 valence electrons. The Morgan fingerprint density at radius 2 is 1.95 bits per heavy atom. The van der Waals surface area contributed by atoms with Crippen LogP contribution in [0.4, 0.5) is 4.39 Å². The Morgan fingerprint density at radius 1 is 1.10 bits per heavy atom. The average molecular weight is 571 g/mol. The van der Waals surface area contributed by atoms with Crippen molar-refractivity contribution in [2.75, 3.05) is 33.7 Å². The Labute approximate surface area is 246 Å². The highest BCUT2D eigenvalue weighted by atomic mass is 19.1. The molecule has 0 bridgehead atoms. The number of fused-ring (bicyclic) bond motifs is 5. The van der Waals surface area contributed by atoms with Gasteiger partial charge in [0.05, 0.1) is 17.0 Å². The maximum Gasteiger partial charge on any atom is 0.335 e. The van der Waals surface area contributed by atoms with E-state index in [2.05, 4.69) is 45.6 Å². The minimum Gasteiger partial charge on any atom is -0.487 e. The average Bonchev–Trinajstić information content (AvgIpc) is 3.29. The van der Waals surface area contributed by atoms with Gasteiger partial charge in [-0.05, 0) is 80.5 Å². The summed E-state index contributed by atoms with van der Waals surface area (Å²) in [5.41, 5.74) is 6.23. The third kappa shape index (κ3) is 5.78. The first kappa shape index (κ1) is 28.4. The number of carboxylic acids is 1. The van der Waals surface area contributed by atoms with Gasteiger partial charge >= 0.3 is 5.97 Å². The summed E-state index contributed by atoms with van der Waals surface area (Å²) < 4.78 is 24.1. The van der Waals surface area contributed by atoms with Gasteiger partial charge in [0.1, 0.15) is 18.5 Å². The smallest absolute Gasteiger partial charge is 0.335 e. The maximum absolute atomic E-state index is 15.7. The molecule has 0 saturated heterocycles. The summed E-state index contributed by atoms with van der Waals surface area (Å²) in [5.74, 6) is -0.403. The number of likely N-dealkylation sites (N-methyl/N-ethyl adjacent to an activating group) is 1. The largest absolute Gasteiger partial charge is 0.487 e. The number of pyridine rings is 1. The second kappa shape index (κ2) is 12.2. The molecule has 2 aromatic carbocycles. The number of carboxylic acid groups (broad SMARTS) is 1. The highest BCUT2D eigenvalue weighted by molar-refractivity contribution is 5.98. The van der Waals surface area contributed by atoms with Crippen molar-refractivity contribution in [2.45, 2.75) is 57.5 Å². The van der Waals surface area contributed by atoms with Crippen molar-refractivity contribution in [3.05, 3.63) is 83.2 Å². The Kier molecular flexibility index (Phi) is 8.27. The molecule has 1 saturated carbocycles. The van der Waals surface area contributed by atoms with E-state index in [1.807, 2.05) is 30.3 Å². The van der Waals surface area contributed by atoms with E-state index in [1.54, 1.807) is 18.3 Å². The van der Waals surface area contributed by atoms with Crippen molar-refractivity contribution in [2.24, 2.45) is 0 Å². The van der Waals surface area contributed by atoms with E-state index in [4.69, 9.17) is 4.74 Å². The van der Waals surface area contributed by atoms with E-state index >= 15 is 4.39 Å². The van der Waals surface area contributed by atoms with Gasteiger partial charge in [-0.1, -0.05) is 25.0 Å². The van der Waals surface area contributed by atoms with E-state index in [0.717, 1.165) is 90.2 Å². The number of benzene rings is 2. The van der Waals surface area contributed by atoms with Crippen LogP contribution in [0.15, 0.2) is 60.8 Å². The van der Waals surface area contributed by atoms with Crippen molar-refractivity contribution in [3.63, 3.8) is 0 Å². The molecule has 4 aromatic rings. The summed E-state index contributed by atoms with van der Waals surface area (Å²) in [6.45, 7) is 4.42. The molecule has 1 aliphatic heterocycles. The van der Waals surface area contributed by atoms with Gasteiger partial charge in [-0.3, -0.25) is 9.88 Å². The van der Waals surface area contributed by atoms with Crippen LogP contribution in [0.25, 0.3) is 22.2 Å². The topological polar surface area (TPSA) is 70.8 Å². The highest BCUT2D eigenvalue weighted by Gasteiger charge is 2.34. The van der Waals surface area contributed by atoms with Crippen molar-refractivity contribution in [1.29, 1.82) is 0 Å². The summed E-state index contributed by atoms with van der Waals surface area (Å²) in [6.07, 6.45) is 4.11. The standard InChI is InChI=1S/C34H39FN4O3/c1-37(2)15-16-38-17-18-39-31-20-23(34(40)41)10-12-29(31)32(28-8-3-4-9-30(28)35)33(39)27-13-11-26(19-24(27)21-38)42-22-25-7-5-6-14-36-25/h5-7,10-14,19-20,28,30H,3-4,8-9,15-18,21-22H2,1-2H3,(H,40,41)/t28-,30-/m1/s1. The normalized spacial score (nSPS) is 19.2. The second-order valence-electron chi connectivity index (χ2n) is 11.9. The van der Waals surface area contributed by atoms with Crippen molar-refractivity contribution in [3.8, 4) is 17.0 Å². The predicted molar refractivity (Wildman–Crippen MR) is 163 cm³/mol. The molecular weight excluding hydrogens is 531 g/mol. The third-order valence-corrected chi connectivity index (χ3v) is 8.75. The molecule has 42 heavy (non-hydrogen) atoms. The van der Waals surface area contributed by atoms with E-state index in [1.165, 1.54) is 0 Å². The lowest BCUT2D eigenvalue weighted by Gasteiger charge is -2.31. The van der Waals surface area contributed by atoms with Gasteiger partial charge in [0.25, 0.3) is 0 Å². The quantitative estimate of drug-likeness (QED) is 0.266. The first-order valence-electron chi connectivity index (χ1n) is 15.0. The SMILES string of the molecule is CN(C)CCN1CCn2c(c([C@@H]3CCCC[C@H]3F)c3ccc(C(=O)O)cc32)-c2ccc(OCc3ccccn3)cc2C1. The van der Waals surface area contributed by atoms with Crippen LogP contribution in [-0.4, -0.2) is 70.3 Å². The van der Waals surface area contributed by atoms with E-state index in [9.17, 15) is 9.90 Å². The number of carbonyl (C=O) groups is 1. The molecule has 0 unspecified atom stereocenters. The van der Waals surface area contributed by atoms with Gasteiger partial charge in [0.15, 0.2) is 0 Å². The summed E-state index contributed by atoms with van der Waals surface area (Å²) in [5, 5.41) is 10.8. The summed E-state index contributed by atoms with van der Waals surface area (Å²) in [7, 11) is 4.16. The molecule has 6 rings (SSSR count). The zero-order valence-electron chi connectivity index (χ0n) is 24.4. The fraction of sp³-hybridized carbons (Fsp3) is 0.412. The number of nitrogens with zero attached hydrogens (tertiary/aromatic N) is 4. The van der Waals surface area contributed by atoms with Gasteiger partial charge in [0, 0.05) is 61.3 Å². The van der Waals surface area contributed by atoms with Crippen molar-refractivity contribution in [1.82, 2.24) is 19.4 Å². The molecule has 2 aromatic heterocycles. The van der Waals surface area contributed by atoms with Crippen molar-refractivity contribution >= 4 is 16.9 Å². The lowest BCUT2D eigenvalue weighted by molar-refractivity contribution is 0.0697. The van der Waals surface area contributed by atoms with Crippen LogP contribution in [0, 0.1) is 0 Å². The second-order valence-corrected chi connectivity index (χ2v) is 11.9. The maximum atomic E-state index is 15.7. The Balaban J connectivity index is 1.50. The van der Waals surface area contributed by atoms with Gasteiger partial charge in [-0.2, -0.15) is 0 Å². The zero-order chi connectivity index (χ0) is 29.2. The minimum absolute atomic E-state index is 0.217. The number of aromatic carboxylic acids is 1. The Hall–Kier alpha value is -3.75. The monoisotopic (exact) mass is 570 g/mol. The molecule has 1 N–H and O–H groups in total. The first-order chi connectivity index (χ1) is 20.4. The first-order valence-corrected chi connectivity index (χ1v) is 15.0. The van der Waals surface area contributed by atoms with E-state index in [-0.39, 0.29) is 11.5 Å².